The average molecular weight is 419 g/mol. The molecule has 2 aliphatic rings. The highest BCUT2D eigenvalue weighted by atomic mass is 32.1. The molecule has 5 nitrogen and oxygen atoms in total. The predicted octanol–water partition coefficient (Wildman–Crippen LogP) is 3.70. The first kappa shape index (κ1) is 19.6. The van der Waals surface area contributed by atoms with Crippen LogP contribution in [0.5, 0.6) is 0 Å². The molecule has 0 aliphatic carbocycles. The van der Waals surface area contributed by atoms with E-state index in [4.69, 9.17) is 4.74 Å². The molecule has 2 aromatic rings. The van der Waals surface area contributed by atoms with Gasteiger partial charge in [0, 0.05) is 16.3 Å². The summed E-state index contributed by atoms with van der Waals surface area (Å²) in [5.41, 5.74) is 1.26. The molecule has 0 unspecified atom stereocenters. The Balaban J connectivity index is 1.54. The van der Waals surface area contributed by atoms with E-state index in [0.717, 1.165) is 38.8 Å². The Labute approximate surface area is 173 Å². The number of hydrogen-bond donors (Lipinski definition) is 0. The third-order valence-corrected chi connectivity index (χ3v) is 7.53. The Morgan fingerprint density at radius 1 is 1.18 bits per heavy atom. The van der Waals surface area contributed by atoms with Crippen LogP contribution in [0, 0.1) is 0 Å². The summed E-state index contributed by atoms with van der Waals surface area (Å²) in [6.45, 7) is 3.99. The van der Waals surface area contributed by atoms with E-state index < -0.39 is 0 Å². The molecule has 0 aromatic carbocycles. The zero-order chi connectivity index (χ0) is 19.5. The zero-order valence-corrected chi connectivity index (χ0v) is 17.8. The fourth-order valence-corrected chi connectivity index (χ4v) is 6.05. The molecule has 0 radical (unpaired) electrons. The number of ether oxygens (including phenoxy) is 1. The maximum atomic E-state index is 13.4. The van der Waals surface area contributed by atoms with Crippen molar-refractivity contribution >= 4 is 34.6 Å². The number of carbonyl (C=O) groups excluding carboxylic acids is 2. The molecule has 1 fully saturated rings. The van der Waals surface area contributed by atoms with Gasteiger partial charge in [-0.2, -0.15) is 0 Å². The molecule has 28 heavy (non-hydrogen) atoms. The van der Waals surface area contributed by atoms with Crippen molar-refractivity contribution in [1.82, 2.24) is 9.80 Å². The highest BCUT2D eigenvalue weighted by Gasteiger charge is 2.36. The van der Waals surface area contributed by atoms with Crippen molar-refractivity contribution in [2.75, 3.05) is 26.2 Å². The molecule has 0 bridgehead atoms. The minimum atomic E-state index is -0.292. The van der Waals surface area contributed by atoms with E-state index in [1.54, 1.807) is 22.7 Å². The molecule has 4 rings (SSSR count). The zero-order valence-electron chi connectivity index (χ0n) is 16.1. The lowest BCUT2D eigenvalue weighted by molar-refractivity contribution is -0.152. The number of hydrogen-bond acceptors (Lipinski definition) is 6. The normalized spacial score (nSPS) is 22.7. The van der Waals surface area contributed by atoms with Crippen LogP contribution in [0.15, 0.2) is 29.0 Å². The maximum Gasteiger partial charge on any atom is 0.323 e. The fraction of sp³-hybridized carbons (Fsp3) is 0.524. The summed E-state index contributed by atoms with van der Waals surface area (Å²) >= 11 is 3.48. The Morgan fingerprint density at radius 3 is 2.86 bits per heavy atom. The molecular weight excluding hydrogens is 392 g/mol. The Bertz CT molecular complexity index is 817. The van der Waals surface area contributed by atoms with Crippen molar-refractivity contribution in [2.45, 2.75) is 44.7 Å². The first-order valence-corrected chi connectivity index (χ1v) is 11.7. The Hall–Kier alpha value is -1.70. The highest BCUT2D eigenvalue weighted by molar-refractivity contribution is 7.10. The van der Waals surface area contributed by atoms with Crippen molar-refractivity contribution in [2.24, 2.45) is 0 Å². The van der Waals surface area contributed by atoms with Crippen LogP contribution in [0.2, 0.25) is 0 Å². The van der Waals surface area contributed by atoms with Crippen LogP contribution in [0.1, 0.15) is 47.5 Å². The largest absolute Gasteiger partial charge is 0.465 e. The van der Waals surface area contributed by atoms with E-state index in [9.17, 15) is 9.59 Å². The van der Waals surface area contributed by atoms with Crippen LogP contribution >= 0.6 is 22.7 Å². The van der Waals surface area contributed by atoms with Gasteiger partial charge in [0.05, 0.1) is 19.2 Å². The molecule has 2 aliphatic heterocycles. The number of esters is 1. The molecule has 0 saturated carbocycles. The van der Waals surface area contributed by atoms with Gasteiger partial charge in [-0.15, -0.1) is 22.7 Å². The number of amides is 1. The minimum Gasteiger partial charge on any atom is -0.465 e. The van der Waals surface area contributed by atoms with E-state index in [0.29, 0.717) is 6.61 Å². The van der Waals surface area contributed by atoms with Crippen LogP contribution in [-0.4, -0.2) is 54.0 Å². The van der Waals surface area contributed by atoms with Gasteiger partial charge in [0.15, 0.2) is 0 Å². The molecule has 0 N–H and O–H groups in total. The lowest BCUT2D eigenvalue weighted by Crippen LogP contribution is -2.51. The average Bonchev–Trinajstić information content (AvgIpc) is 3.39. The summed E-state index contributed by atoms with van der Waals surface area (Å²) in [5.74, 6) is -0.0879. The van der Waals surface area contributed by atoms with Gasteiger partial charge in [-0.05, 0) is 61.2 Å². The summed E-state index contributed by atoms with van der Waals surface area (Å²) in [4.78, 5) is 32.3. The molecule has 1 amide bonds. The summed E-state index contributed by atoms with van der Waals surface area (Å²) < 4.78 is 5.25. The van der Waals surface area contributed by atoms with Gasteiger partial charge in [0.25, 0.3) is 0 Å². The van der Waals surface area contributed by atoms with Crippen LogP contribution in [0.4, 0.5) is 0 Å². The van der Waals surface area contributed by atoms with Crippen LogP contribution in [0.25, 0.3) is 0 Å². The number of nitrogens with zero attached hydrogens (tertiary/aromatic N) is 2. The second-order valence-electron chi connectivity index (χ2n) is 7.29. The second kappa shape index (κ2) is 8.76. The molecule has 4 heterocycles. The molecule has 150 valence electrons. The monoisotopic (exact) mass is 418 g/mol. The molecule has 2 atom stereocenters. The number of carbonyl (C=O) groups is 2. The van der Waals surface area contributed by atoms with Crippen molar-refractivity contribution in [3.05, 3.63) is 44.3 Å². The lowest BCUT2D eigenvalue weighted by atomic mass is 9.98. The van der Waals surface area contributed by atoms with Gasteiger partial charge in [0.2, 0.25) is 5.91 Å². The topological polar surface area (TPSA) is 49.9 Å². The van der Waals surface area contributed by atoms with Gasteiger partial charge in [-0.1, -0.05) is 12.5 Å². The number of piperidine rings is 1. The Kier molecular flexibility index (Phi) is 6.13. The van der Waals surface area contributed by atoms with E-state index in [2.05, 4.69) is 22.9 Å². The minimum absolute atomic E-state index is 0.00617. The maximum absolute atomic E-state index is 13.4. The third-order valence-electron chi connectivity index (χ3n) is 5.61. The van der Waals surface area contributed by atoms with E-state index in [1.165, 1.54) is 15.3 Å². The number of likely N-dealkylation sites (tertiary alicyclic amines) is 1. The first-order chi connectivity index (χ1) is 13.7. The molecule has 0 spiro atoms. The highest BCUT2D eigenvalue weighted by Crippen LogP contribution is 2.39. The first-order valence-electron chi connectivity index (χ1n) is 9.99. The molecule has 7 heteroatoms. The summed E-state index contributed by atoms with van der Waals surface area (Å²) in [7, 11) is 0. The van der Waals surface area contributed by atoms with Crippen LogP contribution in [-0.2, 0) is 20.7 Å². The van der Waals surface area contributed by atoms with Gasteiger partial charge < -0.3 is 9.64 Å². The molecule has 1 saturated heterocycles. The quantitative estimate of drug-likeness (QED) is 0.695. The summed E-state index contributed by atoms with van der Waals surface area (Å²) in [5, 5.41) is 4.20. The lowest BCUT2D eigenvalue weighted by Gasteiger charge is -2.39. The summed E-state index contributed by atoms with van der Waals surface area (Å²) in [6, 6.07) is 6.02. The van der Waals surface area contributed by atoms with Gasteiger partial charge in [0.1, 0.15) is 6.04 Å². The van der Waals surface area contributed by atoms with Gasteiger partial charge >= 0.3 is 5.97 Å². The number of thiophene rings is 2. The number of fused-ring (bicyclic) bond motifs is 1. The predicted molar refractivity (Wildman–Crippen MR) is 112 cm³/mol. The second-order valence-corrected chi connectivity index (χ2v) is 9.27. The van der Waals surface area contributed by atoms with Crippen molar-refractivity contribution in [1.29, 1.82) is 0 Å². The fourth-order valence-electron chi connectivity index (χ4n) is 4.29. The van der Waals surface area contributed by atoms with Crippen LogP contribution in [0.3, 0.4) is 0 Å². The van der Waals surface area contributed by atoms with Crippen molar-refractivity contribution in [3.63, 3.8) is 0 Å². The van der Waals surface area contributed by atoms with Crippen molar-refractivity contribution < 1.29 is 14.3 Å². The van der Waals surface area contributed by atoms with E-state index in [-0.39, 0.29) is 30.5 Å². The molecule has 2 aromatic heterocycles. The Morgan fingerprint density at radius 2 is 2.07 bits per heavy atom. The standard InChI is InChI=1S/C21H26N2O3S2/c1-2-26-21(25)16-6-3-4-10-22(16)14-19(24)23-11-8-17-15(9-13-28-17)20(23)18-7-5-12-27-18/h5,7,9,12-13,16,20H,2-4,6,8,10-11,14H2,1H3/t16-,20-/m1/s1. The SMILES string of the molecule is CCOC(=O)[C@H]1CCCCN1CC(=O)N1CCc2sccc2[C@@H]1c1cccs1. The van der Waals surface area contributed by atoms with Crippen molar-refractivity contribution in [3.8, 4) is 0 Å². The summed E-state index contributed by atoms with van der Waals surface area (Å²) in [6.07, 6.45) is 3.71. The third kappa shape index (κ3) is 3.88. The smallest absolute Gasteiger partial charge is 0.323 e. The van der Waals surface area contributed by atoms with Gasteiger partial charge in [-0.3, -0.25) is 14.5 Å². The van der Waals surface area contributed by atoms with E-state index >= 15 is 0 Å². The van der Waals surface area contributed by atoms with Crippen LogP contribution < -0.4 is 0 Å². The van der Waals surface area contributed by atoms with Gasteiger partial charge in [-0.25, -0.2) is 0 Å². The number of rotatable bonds is 5. The molecular formula is C21H26N2O3S2. The van der Waals surface area contributed by atoms with E-state index in [1.807, 2.05) is 22.8 Å².